The maximum Gasteiger partial charge on any atom is 0.262 e. The fourth-order valence-electron chi connectivity index (χ4n) is 2.92. The van der Waals surface area contributed by atoms with Gasteiger partial charge in [0.05, 0.1) is 11.4 Å². The minimum absolute atomic E-state index is 0.0526. The molecule has 0 saturated carbocycles. The number of benzene rings is 2. The van der Waals surface area contributed by atoms with Crippen molar-refractivity contribution in [3.8, 4) is 17.0 Å². The lowest BCUT2D eigenvalue weighted by molar-refractivity contribution is -0.118. The Morgan fingerprint density at radius 2 is 1.93 bits per heavy atom. The standard InChI is InChI=1S/C22H19N3O2/c1-16-7-6-8-17(13-16)27-15-22(26)24-19-10-3-2-9-18(19)20-14-25-12-5-4-11-21(25)23-20/h2-14H,15H2,1H3,(H,24,26). The number of pyridine rings is 1. The van der Waals surface area contributed by atoms with Crippen molar-refractivity contribution in [2.24, 2.45) is 0 Å². The second-order valence-corrected chi connectivity index (χ2v) is 6.29. The van der Waals surface area contributed by atoms with Gasteiger partial charge < -0.3 is 14.5 Å². The predicted octanol–water partition coefficient (Wildman–Crippen LogP) is 4.33. The second kappa shape index (κ2) is 7.33. The van der Waals surface area contributed by atoms with Crippen molar-refractivity contribution in [1.82, 2.24) is 9.38 Å². The number of carbonyl (C=O) groups excluding carboxylic acids is 1. The van der Waals surface area contributed by atoms with Gasteiger partial charge in [0.1, 0.15) is 11.4 Å². The molecule has 5 nitrogen and oxygen atoms in total. The number of amides is 1. The summed E-state index contributed by atoms with van der Waals surface area (Å²) in [6.45, 7) is 1.93. The van der Waals surface area contributed by atoms with Crippen molar-refractivity contribution in [3.05, 3.63) is 84.7 Å². The van der Waals surface area contributed by atoms with Crippen LogP contribution in [-0.2, 0) is 4.79 Å². The van der Waals surface area contributed by atoms with Gasteiger partial charge in [-0.25, -0.2) is 4.98 Å². The first-order valence-corrected chi connectivity index (χ1v) is 8.71. The third kappa shape index (κ3) is 3.82. The number of carbonyl (C=O) groups is 1. The summed E-state index contributed by atoms with van der Waals surface area (Å²) in [5.74, 6) is 0.464. The summed E-state index contributed by atoms with van der Waals surface area (Å²) in [5.41, 5.74) is 4.32. The molecule has 0 fully saturated rings. The summed E-state index contributed by atoms with van der Waals surface area (Å²) in [7, 11) is 0. The Labute approximate surface area is 157 Å². The summed E-state index contributed by atoms with van der Waals surface area (Å²) >= 11 is 0. The van der Waals surface area contributed by atoms with Crippen LogP contribution in [-0.4, -0.2) is 21.9 Å². The molecular weight excluding hydrogens is 338 g/mol. The third-order valence-corrected chi connectivity index (χ3v) is 4.20. The van der Waals surface area contributed by atoms with E-state index in [0.717, 1.165) is 22.5 Å². The van der Waals surface area contributed by atoms with Gasteiger partial charge in [-0.3, -0.25) is 4.79 Å². The summed E-state index contributed by atoms with van der Waals surface area (Å²) in [6.07, 6.45) is 3.90. The molecule has 0 aliphatic heterocycles. The molecular formula is C22H19N3O2. The SMILES string of the molecule is Cc1cccc(OCC(=O)Nc2ccccc2-c2cn3ccccc3n2)c1. The lowest BCUT2D eigenvalue weighted by atomic mass is 10.1. The monoisotopic (exact) mass is 357 g/mol. The Bertz CT molecular complexity index is 1070. The molecule has 0 bridgehead atoms. The van der Waals surface area contributed by atoms with Crippen LogP contribution in [0, 0.1) is 6.92 Å². The number of para-hydroxylation sites is 1. The zero-order valence-corrected chi connectivity index (χ0v) is 14.9. The predicted molar refractivity (Wildman–Crippen MR) is 106 cm³/mol. The van der Waals surface area contributed by atoms with E-state index in [1.165, 1.54) is 0 Å². The molecule has 0 unspecified atom stereocenters. The van der Waals surface area contributed by atoms with Gasteiger partial charge in [0.2, 0.25) is 0 Å². The first-order chi connectivity index (χ1) is 13.2. The van der Waals surface area contributed by atoms with Crippen molar-refractivity contribution >= 4 is 17.2 Å². The van der Waals surface area contributed by atoms with E-state index in [1.807, 2.05) is 90.4 Å². The number of imidazole rings is 1. The first-order valence-electron chi connectivity index (χ1n) is 8.71. The lowest BCUT2D eigenvalue weighted by Gasteiger charge is -2.10. The minimum Gasteiger partial charge on any atom is -0.484 e. The van der Waals surface area contributed by atoms with Gasteiger partial charge in [-0.15, -0.1) is 0 Å². The van der Waals surface area contributed by atoms with E-state index >= 15 is 0 Å². The Morgan fingerprint density at radius 1 is 1.07 bits per heavy atom. The largest absolute Gasteiger partial charge is 0.484 e. The molecule has 5 heteroatoms. The Morgan fingerprint density at radius 3 is 2.78 bits per heavy atom. The molecule has 2 aromatic carbocycles. The normalized spacial score (nSPS) is 10.7. The summed E-state index contributed by atoms with van der Waals surface area (Å²) in [5, 5.41) is 2.93. The molecule has 134 valence electrons. The molecule has 1 amide bonds. The number of fused-ring (bicyclic) bond motifs is 1. The number of aryl methyl sites for hydroxylation is 1. The van der Waals surface area contributed by atoms with E-state index in [0.29, 0.717) is 11.4 Å². The fraction of sp³-hybridized carbons (Fsp3) is 0.0909. The molecule has 0 aliphatic rings. The van der Waals surface area contributed by atoms with Gasteiger partial charge in [-0.1, -0.05) is 36.4 Å². The molecule has 1 N–H and O–H groups in total. The molecule has 0 radical (unpaired) electrons. The van der Waals surface area contributed by atoms with Gasteiger partial charge in [-0.2, -0.15) is 0 Å². The highest BCUT2D eigenvalue weighted by molar-refractivity contribution is 5.96. The van der Waals surface area contributed by atoms with E-state index in [4.69, 9.17) is 4.74 Å². The molecule has 2 heterocycles. The van der Waals surface area contributed by atoms with E-state index in [1.54, 1.807) is 0 Å². The first kappa shape index (κ1) is 16.8. The van der Waals surface area contributed by atoms with Gasteiger partial charge >= 0.3 is 0 Å². The second-order valence-electron chi connectivity index (χ2n) is 6.29. The van der Waals surface area contributed by atoms with E-state index < -0.39 is 0 Å². The summed E-state index contributed by atoms with van der Waals surface area (Å²) < 4.78 is 7.54. The lowest BCUT2D eigenvalue weighted by Crippen LogP contribution is -2.20. The van der Waals surface area contributed by atoms with Crippen LogP contribution in [0.1, 0.15) is 5.56 Å². The van der Waals surface area contributed by atoms with Crippen molar-refractivity contribution in [2.75, 3.05) is 11.9 Å². The van der Waals surface area contributed by atoms with Crippen molar-refractivity contribution in [2.45, 2.75) is 6.92 Å². The van der Waals surface area contributed by atoms with Gasteiger partial charge in [0.25, 0.3) is 5.91 Å². The number of ether oxygens (including phenoxy) is 1. The molecule has 4 aromatic rings. The number of rotatable bonds is 5. The zero-order chi connectivity index (χ0) is 18.6. The molecule has 0 aliphatic carbocycles. The van der Waals surface area contributed by atoms with Gasteiger partial charge in [0.15, 0.2) is 6.61 Å². The topological polar surface area (TPSA) is 55.6 Å². The Kier molecular flexibility index (Phi) is 4.58. The molecule has 27 heavy (non-hydrogen) atoms. The van der Waals surface area contributed by atoms with Crippen LogP contribution in [0.2, 0.25) is 0 Å². The van der Waals surface area contributed by atoms with E-state index in [2.05, 4.69) is 10.3 Å². The van der Waals surface area contributed by atoms with Crippen molar-refractivity contribution < 1.29 is 9.53 Å². The van der Waals surface area contributed by atoms with Crippen LogP contribution in [0.15, 0.2) is 79.1 Å². The summed E-state index contributed by atoms with van der Waals surface area (Å²) in [6, 6.07) is 21.1. The van der Waals surface area contributed by atoms with Crippen LogP contribution >= 0.6 is 0 Å². The molecule has 0 spiro atoms. The van der Waals surface area contributed by atoms with Crippen LogP contribution in [0.5, 0.6) is 5.75 Å². The molecule has 0 saturated heterocycles. The van der Waals surface area contributed by atoms with Crippen molar-refractivity contribution in [1.29, 1.82) is 0 Å². The number of hydrogen-bond acceptors (Lipinski definition) is 3. The average molecular weight is 357 g/mol. The van der Waals surface area contributed by atoms with Crippen LogP contribution in [0.25, 0.3) is 16.9 Å². The van der Waals surface area contributed by atoms with Gasteiger partial charge in [-0.05, 0) is 42.8 Å². The maximum absolute atomic E-state index is 12.4. The number of nitrogens with zero attached hydrogens (tertiary/aromatic N) is 2. The summed E-state index contributed by atoms with van der Waals surface area (Å²) in [4.78, 5) is 17.0. The van der Waals surface area contributed by atoms with E-state index in [9.17, 15) is 4.79 Å². The highest BCUT2D eigenvalue weighted by Crippen LogP contribution is 2.27. The van der Waals surface area contributed by atoms with Crippen LogP contribution in [0.4, 0.5) is 5.69 Å². The molecule has 0 atom stereocenters. The molecule has 2 aromatic heterocycles. The zero-order valence-electron chi connectivity index (χ0n) is 14.9. The van der Waals surface area contributed by atoms with Crippen molar-refractivity contribution in [3.63, 3.8) is 0 Å². The number of hydrogen-bond donors (Lipinski definition) is 1. The minimum atomic E-state index is -0.215. The van der Waals surface area contributed by atoms with E-state index in [-0.39, 0.29) is 12.5 Å². The highest BCUT2D eigenvalue weighted by Gasteiger charge is 2.11. The number of nitrogens with one attached hydrogen (secondary N) is 1. The van der Waals surface area contributed by atoms with Crippen LogP contribution in [0.3, 0.4) is 0 Å². The van der Waals surface area contributed by atoms with Gasteiger partial charge in [0, 0.05) is 18.0 Å². The molecule has 4 rings (SSSR count). The number of aromatic nitrogens is 2. The average Bonchev–Trinajstić information content (AvgIpc) is 3.11. The number of anilines is 1. The van der Waals surface area contributed by atoms with Crippen LogP contribution < -0.4 is 10.1 Å². The quantitative estimate of drug-likeness (QED) is 0.578. The highest BCUT2D eigenvalue weighted by atomic mass is 16.5. The Balaban J connectivity index is 1.51. The third-order valence-electron chi connectivity index (χ3n) is 4.20. The maximum atomic E-state index is 12.4. The Hall–Kier alpha value is -3.60. The fourth-order valence-corrected chi connectivity index (χ4v) is 2.92. The smallest absolute Gasteiger partial charge is 0.262 e.